The lowest BCUT2D eigenvalue weighted by atomic mass is 10.1. The maximum atomic E-state index is 11.8. The number of aromatic amines is 1. The second-order valence-electron chi connectivity index (χ2n) is 4.08. The molecule has 0 atom stereocenters. The first-order valence-electron chi connectivity index (χ1n) is 5.80. The highest BCUT2D eigenvalue weighted by Gasteiger charge is 2.14. The van der Waals surface area contributed by atoms with Crippen LogP contribution in [0.5, 0.6) is 0 Å². The standard InChI is InChI=1S/C13H12N4O3/c1-9-4-5-10(7-12(9)17(19)20)13(18)16-15-8-11-3-2-6-14-11/h2-8,14H,1H3,(H,16,18)/b15-8+. The molecule has 1 aromatic heterocycles. The smallest absolute Gasteiger partial charge is 0.273 e. The normalized spacial score (nSPS) is 10.7. The van der Waals surface area contributed by atoms with E-state index in [-0.39, 0.29) is 11.3 Å². The van der Waals surface area contributed by atoms with Crippen LogP contribution in [0.2, 0.25) is 0 Å². The van der Waals surface area contributed by atoms with Gasteiger partial charge in [0.05, 0.1) is 16.8 Å². The summed E-state index contributed by atoms with van der Waals surface area (Å²) in [4.78, 5) is 25.0. The molecule has 0 fully saturated rings. The molecular weight excluding hydrogens is 260 g/mol. The minimum atomic E-state index is -0.520. The van der Waals surface area contributed by atoms with Gasteiger partial charge in [-0.1, -0.05) is 6.07 Å². The molecule has 0 unspecified atom stereocenters. The molecule has 0 saturated heterocycles. The number of aromatic nitrogens is 1. The fourth-order valence-corrected chi connectivity index (χ4v) is 1.60. The maximum Gasteiger partial charge on any atom is 0.273 e. The second kappa shape index (κ2) is 5.79. The van der Waals surface area contributed by atoms with Gasteiger partial charge in [-0.2, -0.15) is 5.10 Å². The maximum absolute atomic E-state index is 11.8. The first-order chi connectivity index (χ1) is 9.58. The molecule has 20 heavy (non-hydrogen) atoms. The van der Waals surface area contributed by atoms with E-state index in [4.69, 9.17) is 0 Å². The van der Waals surface area contributed by atoms with Gasteiger partial charge in [0, 0.05) is 23.4 Å². The van der Waals surface area contributed by atoms with E-state index in [9.17, 15) is 14.9 Å². The van der Waals surface area contributed by atoms with Gasteiger partial charge in [0.2, 0.25) is 0 Å². The first kappa shape index (κ1) is 13.5. The zero-order valence-corrected chi connectivity index (χ0v) is 10.7. The topological polar surface area (TPSA) is 100 Å². The number of rotatable bonds is 4. The van der Waals surface area contributed by atoms with Crippen molar-refractivity contribution in [2.45, 2.75) is 6.92 Å². The van der Waals surface area contributed by atoms with E-state index in [0.717, 1.165) is 5.69 Å². The van der Waals surface area contributed by atoms with Crippen LogP contribution in [0.4, 0.5) is 5.69 Å². The summed E-state index contributed by atoms with van der Waals surface area (Å²) >= 11 is 0. The number of nitro groups is 1. The fourth-order valence-electron chi connectivity index (χ4n) is 1.60. The number of hydrogen-bond donors (Lipinski definition) is 2. The molecule has 0 aliphatic carbocycles. The van der Waals surface area contributed by atoms with Gasteiger partial charge in [0.25, 0.3) is 11.6 Å². The molecule has 0 aliphatic rings. The largest absolute Gasteiger partial charge is 0.360 e. The van der Waals surface area contributed by atoms with Gasteiger partial charge in [-0.25, -0.2) is 5.43 Å². The molecule has 1 amide bonds. The number of nitro benzene ring substituents is 1. The molecule has 0 aliphatic heterocycles. The van der Waals surface area contributed by atoms with Gasteiger partial charge >= 0.3 is 0 Å². The number of nitrogens with zero attached hydrogens (tertiary/aromatic N) is 2. The number of carbonyl (C=O) groups excluding carboxylic acids is 1. The van der Waals surface area contributed by atoms with Crippen LogP contribution in [0.3, 0.4) is 0 Å². The van der Waals surface area contributed by atoms with Crippen molar-refractivity contribution in [3.8, 4) is 0 Å². The lowest BCUT2D eigenvalue weighted by molar-refractivity contribution is -0.385. The number of aryl methyl sites for hydroxylation is 1. The number of carbonyl (C=O) groups is 1. The Morgan fingerprint density at radius 2 is 2.25 bits per heavy atom. The summed E-state index contributed by atoms with van der Waals surface area (Å²) in [5.74, 6) is -0.504. The molecule has 2 aromatic rings. The average Bonchev–Trinajstić information content (AvgIpc) is 2.92. The molecule has 2 N–H and O–H groups in total. The summed E-state index contributed by atoms with van der Waals surface area (Å²) in [6.07, 6.45) is 3.17. The van der Waals surface area contributed by atoms with E-state index in [1.165, 1.54) is 24.4 Å². The van der Waals surface area contributed by atoms with Crippen molar-refractivity contribution < 1.29 is 9.72 Å². The molecule has 7 nitrogen and oxygen atoms in total. The van der Waals surface area contributed by atoms with Crippen molar-refractivity contribution in [3.05, 3.63) is 63.5 Å². The van der Waals surface area contributed by atoms with Crippen molar-refractivity contribution in [2.75, 3.05) is 0 Å². The van der Waals surface area contributed by atoms with Gasteiger partial charge in [-0.3, -0.25) is 14.9 Å². The minimum Gasteiger partial charge on any atom is -0.360 e. The van der Waals surface area contributed by atoms with E-state index in [2.05, 4.69) is 15.5 Å². The highest BCUT2D eigenvalue weighted by molar-refractivity contribution is 5.95. The Balaban J connectivity index is 2.09. The van der Waals surface area contributed by atoms with Crippen LogP contribution in [0, 0.1) is 17.0 Å². The number of hydrogen-bond acceptors (Lipinski definition) is 4. The molecular formula is C13H12N4O3. The minimum absolute atomic E-state index is 0.0917. The number of benzene rings is 1. The second-order valence-corrected chi connectivity index (χ2v) is 4.08. The van der Waals surface area contributed by atoms with Crippen LogP contribution in [0.25, 0.3) is 0 Å². The quantitative estimate of drug-likeness (QED) is 0.505. The third-order valence-electron chi connectivity index (χ3n) is 2.66. The van der Waals surface area contributed by atoms with Crippen LogP contribution in [-0.2, 0) is 0 Å². The third kappa shape index (κ3) is 3.08. The average molecular weight is 272 g/mol. The summed E-state index contributed by atoms with van der Waals surface area (Å²) in [5, 5.41) is 14.6. The predicted molar refractivity (Wildman–Crippen MR) is 73.7 cm³/mol. The van der Waals surface area contributed by atoms with Crippen LogP contribution in [0.1, 0.15) is 21.6 Å². The molecule has 2 rings (SSSR count). The zero-order chi connectivity index (χ0) is 14.5. The number of hydrazone groups is 1. The summed E-state index contributed by atoms with van der Waals surface area (Å²) < 4.78 is 0. The van der Waals surface area contributed by atoms with Crippen molar-refractivity contribution in [3.63, 3.8) is 0 Å². The molecule has 1 aromatic carbocycles. The van der Waals surface area contributed by atoms with Crippen molar-refractivity contribution in [1.29, 1.82) is 0 Å². The molecule has 0 spiro atoms. The van der Waals surface area contributed by atoms with Gasteiger partial charge in [0.15, 0.2) is 0 Å². The molecule has 0 bridgehead atoms. The van der Waals surface area contributed by atoms with Crippen LogP contribution < -0.4 is 5.43 Å². The van der Waals surface area contributed by atoms with E-state index >= 15 is 0 Å². The van der Waals surface area contributed by atoms with Crippen LogP contribution >= 0.6 is 0 Å². The van der Waals surface area contributed by atoms with E-state index in [1.807, 2.05) is 0 Å². The summed E-state index contributed by atoms with van der Waals surface area (Å²) in [6, 6.07) is 7.86. The summed E-state index contributed by atoms with van der Waals surface area (Å²) in [7, 11) is 0. The van der Waals surface area contributed by atoms with Crippen molar-refractivity contribution in [2.24, 2.45) is 5.10 Å². The Morgan fingerprint density at radius 1 is 1.45 bits per heavy atom. The fraction of sp³-hybridized carbons (Fsp3) is 0.0769. The van der Waals surface area contributed by atoms with E-state index < -0.39 is 10.8 Å². The van der Waals surface area contributed by atoms with Crippen LogP contribution in [-0.4, -0.2) is 22.0 Å². The molecule has 0 radical (unpaired) electrons. The Kier molecular flexibility index (Phi) is 3.90. The lowest BCUT2D eigenvalue weighted by Gasteiger charge is -2.01. The van der Waals surface area contributed by atoms with Gasteiger partial charge < -0.3 is 4.98 Å². The lowest BCUT2D eigenvalue weighted by Crippen LogP contribution is -2.17. The molecule has 1 heterocycles. The predicted octanol–water partition coefficient (Wildman–Crippen LogP) is 2.00. The zero-order valence-electron chi connectivity index (χ0n) is 10.7. The SMILES string of the molecule is Cc1ccc(C(=O)N/N=C/c2ccc[nH]2)cc1[N+](=O)[O-]. The van der Waals surface area contributed by atoms with E-state index in [1.54, 1.807) is 25.3 Å². The monoisotopic (exact) mass is 272 g/mol. The van der Waals surface area contributed by atoms with Gasteiger partial charge in [-0.15, -0.1) is 0 Å². The van der Waals surface area contributed by atoms with Gasteiger partial charge in [0.1, 0.15) is 0 Å². The number of H-pyrrole nitrogens is 1. The van der Waals surface area contributed by atoms with Crippen LogP contribution in [0.15, 0.2) is 41.6 Å². The number of amides is 1. The van der Waals surface area contributed by atoms with Crippen molar-refractivity contribution >= 4 is 17.8 Å². The summed E-state index contributed by atoms with van der Waals surface area (Å²) in [6.45, 7) is 1.61. The first-order valence-corrected chi connectivity index (χ1v) is 5.80. The molecule has 0 saturated carbocycles. The highest BCUT2D eigenvalue weighted by Crippen LogP contribution is 2.19. The van der Waals surface area contributed by atoms with E-state index in [0.29, 0.717) is 5.56 Å². The third-order valence-corrected chi connectivity index (χ3v) is 2.66. The Bertz CT molecular complexity index is 662. The molecule has 7 heteroatoms. The van der Waals surface area contributed by atoms with Crippen molar-refractivity contribution in [1.82, 2.24) is 10.4 Å². The highest BCUT2D eigenvalue weighted by atomic mass is 16.6. The summed E-state index contributed by atoms with van der Waals surface area (Å²) in [5.41, 5.74) is 3.64. The Hall–Kier alpha value is -2.96. The molecule has 102 valence electrons. The Morgan fingerprint density at radius 3 is 2.90 bits per heavy atom. The number of nitrogens with one attached hydrogen (secondary N) is 2. The Labute approximate surface area is 114 Å². The van der Waals surface area contributed by atoms with Gasteiger partial charge in [-0.05, 0) is 25.1 Å².